The van der Waals surface area contributed by atoms with Crippen molar-refractivity contribution in [2.45, 2.75) is 31.3 Å². The fourth-order valence-electron chi connectivity index (χ4n) is 2.52. The van der Waals surface area contributed by atoms with Gasteiger partial charge in [-0.1, -0.05) is 0 Å². The predicted molar refractivity (Wildman–Crippen MR) is 59.0 cm³/mol. The average Bonchev–Trinajstić information content (AvgIpc) is 2.88. The van der Waals surface area contributed by atoms with Gasteiger partial charge in [0.1, 0.15) is 6.04 Å². The van der Waals surface area contributed by atoms with Gasteiger partial charge in [0.25, 0.3) is 0 Å². The van der Waals surface area contributed by atoms with E-state index in [0.29, 0.717) is 19.2 Å². The molecule has 0 aromatic rings. The SMILES string of the molecule is O=C1OCCC1N(CCO)CC1CCCN1. The molecular weight excluding hydrogens is 208 g/mol. The van der Waals surface area contributed by atoms with Crippen LogP contribution in [0.4, 0.5) is 0 Å². The second-order valence-electron chi connectivity index (χ2n) is 4.48. The molecule has 2 heterocycles. The van der Waals surface area contributed by atoms with E-state index in [1.54, 1.807) is 0 Å². The van der Waals surface area contributed by atoms with Crippen molar-refractivity contribution in [3.8, 4) is 0 Å². The number of aliphatic hydroxyl groups is 1. The third-order valence-electron chi connectivity index (χ3n) is 3.35. The summed E-state index contributed by atoms with van der Waals surface area (Å²) in [7, 11) is 0. The van der Waals surface area contributed by atoms with Crippen LogP contribution < -0.4 is 5.32 Å². The van der Waals surface area contributed by atoms with Crippen LogP contribution in [0.1, 0.15) is 19.3 Å². The molecule has 2 atom stereocenters. The van der Waals surface area contributed by atoms with Gasteiger partial charge in [-0.3, -0.25) is 9.69 Å². The summed E-state index contributed by atoms with van der Waals surface area (Å²) in [6.07, 6.45) is 3.11. The first-order chi connectivity index (χ1) is 7.81. The summed E-state index contributed by atoms with van der Waals surface area (Å²) in [4.78, 5) is 13.6. The lowest BCUT2D eigenvalue weighted by atomic mass is 10.1. The summed E-state index contributed by atoms with van der Waals surface area (Å²) >= 11 is 0. The van der Waals surface area contributed by atoms with Gasteiger partial charge < -0.3 is 15.2 Å². The Bertz CT molecular complexity index is 241. The van der Waals surface area contributed by atoms with Gasteiger partial charge in [-0.15, -0.1) is 0 Å². The molecule has 2 fully saturated rings. The number of hydrogen-bond donors (Lipinski definition) is 2. The molecule has 0 amide bonds. The third kappa shape index (κ3) is 2.72. The van der Waals surface area contributed by atoms with Gasteiger partial charge in [0, 0.05) is 25.6 Å². The molecule has 2 aliphatic rings. The van der Waals surface area contributed by atoms with Crippen LogP contribution in [0.25, 0.3) is 0 Å². The monoisotopic (exact) mass is 228 g/mol. The lowest BCUT2D eigenvalue weighted by Crippen LogP contribution is -2.46. The van der Waals surface area contributed by atoms with Crippen LogP contribution in [-0.4, -0.2) is 60.9 Å². The van der Waals surface area contributed by atoms with Gasteiger partial charge in [0.2, 0.25) is 0 Å². The zero-order valence-corrected chi connectivity index (χ0v) is 9.52. The number of esters is 1. The van der Waals surface area contributed by atoms with E-state index in [1.165, 1.54) is 6.42 Å². The second kappa shape index (κ2) is 5.61. The van der Waals surface area contributed by atoms with Crippen LogP contribution in [0.3, 0.4) is 0 Å². The number of rotatable bonds is 5. The number of carbonyl (C=O) groups is 1. The minimum Gasteiger partial charge on any atom is -0.464 e. The van der Waals surface area contributed by atoms with Crippen molar-refractivity contribution >= 4 is 5.97 Å². The molecule has 92 valence electrons. The van der Waals surface area contributed by atoms with Crippen molar-refractivity contribution in [2.75, 3.05) is 32.8 Å². The summed E-state index contributed by atoms with van der Waals surface area (Å²) in [6.45, 7) is 3.06. The molecule has 5 nitrogen and oxygen atoms in total. The van der Waals surface area contributed by atoms with Gasteiger partial charge in [0.05, 0.1) is 13.2 Å². The van der Waals surface area contributed by atoms with E-state index in [4.69, 9.17) is 9.84 Å². The normalized spacial score (nSPS) is 30.0. The molecule has 2 aliphatic heterocycles. The quantitative estimate of drug-likeness (QED) is 0.612. The molecule has 16 heavy (non-hydrogen) atoms. The predicted octanol–water partition coefficient (Wildman–Crippen LogP) is -0.652. The topological polar surface area (TPSA) is 61.8 Å². The maximum Gasteiger partial charge on any atom is 0.323 e. The van der Waals surface area contributed by atoms with E-state index in [0.717, 1.165) is 25.9 Å². The Morgan fingerprint density at radius 3 is 2.94 bits per heavy atom. The van der Waals surface area contributed by atoms with Gasteiger partial charge in [-0.05, 0) is 19.4 Å². The van der Waals surface area contributed by atoms with Crippen molar-refractivity contribution in [3.63, 3.8) is 0 Å². The summed E-state index contributed by atoms with van der Waals surface area (Å²) in [5.74, 6) is -0.133. The number of ether oxygens (including phenoxy) is 1. The van der Waals surface area contributed by atoms with Crippen LogP contribution >= 0.6 is 0 Å². The minimum absolute atomic E-state index is 0.0938. The molecule has 0 aromatic heterocycles. The Morgan fingerprint density at radius 1 is 1.50 bits per heavy atom. The Kier molecular flexibility index (Phi) is 4.15. The van der Waals surface area contributed by atoms with E-state index in [-0.39, 0.29) is 18.6 Å². The molecule has 2 N–H and O–H groups in total. The molecular formula is C11H20N2O3. The van der Waals surface area contributed by atoms with Crippen LogP contribution in [0.5, 0.6) is 0 Å². The van der Waals surface area contributed by atoms with Crippen LogP contribution in [0.15, 0.2) is 0 Å². The molecule has 2 rings (SSSR count). The van der Waals surface area contributed by atoms with Crippen molar-refractivity contribution in [1.82, 2.24) is 10.2 Å². The Balaban J connectivity index is 1.90. The average molecular weight is 228 g/mol. The van der Waals surface area contributed by atoms with E-state index in [2.05, 4.69) is 10.2 Å². The fourth-order valence-corrected chi connectivity index (χ4v) is 2.52. The molecule has 0 radical (unpaired) electrons. The molecule has 0 saturated carbocycles. The first-order valence-electron chi connectivity index (χ1n) is 6.06. The van der Waals surface area contributed by atoms with Crippen molar-refractivity contribution in [3.05, 3.63) is 0 Å². The van der Waals surface area contributed by atoms with Gasteiger partial charge in [-0.25, -0.2) is 0 Å². The Labute approximate surface area is 95.8 Å². The number of hydrogen-bond acceptors (Lipinski definition) is 5. The highest BCUT2D eigenvalue weighted by Crippen LogP contribution is 2.16. The highest BCUT2D eigenvalue weighted by Gasteiger charge is 2.33. The van der Waals surface area contributed by atoms with Crippen LogP contribution in [0, 0.1) is 0 Å². The molecule has 2 unspecified atom stereocenters. The van der Waals surface area contributed by atoms with E-state index in [1.807, 2.05) is 0 Å². The lowest BCUT2D eigenvalue weighted by molar-refractivity contribution is -0.142. The molecule has 5 heteroatoms. The van der Waals surface area contributed by atoms with Crippen molar-refractivity contribution < 1.29 is 14.6 Å². The first kappa shape index (κ1) is 11.8. The smallest absolute Gasteiger partial charge is 0.323 e. The maximum absolute atomic E-state index is 11.5. The highest BCUT2D eigenvalue weighted by molar-refractivity contribution is 5.77. The van der Waals surface area contributed by atoms with Gasteiger partial charge in [-0.2, -0.15) is 0 Å². The number of aliphatic hydroxyl groups excluding tert-OH is 1. The summed E-state index contributed by atoms with van der Waals surface area (Å²) in [5.41, 5.74) is 0. The largest absolute Gasteiger partial charge is 0.464 e. The third-order valence-corrected chi connectivity index (χ3v) is 3.35. The van der Waals surface area contributed by atoms with Crippen molar-refractivity contribution in [2.24, 2.45) is 0 Å². The summed E-state index contributed by atoms with van der Waals surface area (Å²) < 4.78 is 4.97. The standard InChI is InChI=1S/C11H20N2O3/c14-6-5-13(8-9-2-1-4-12-9)10-3-7-16-11(10)15/h9-10,12,14H,1-8H2. The fraction of sp³-hybridized carbons (Fsp3) is 0.909. The highest BCUT2D eigenvalue weighted by atomic mass is 16.5. The number of cyclic esters (lactones) is 1. The summed E-state index contributed by atoms with van der Waals surface area (Å²) in [6, 6.07) is 0.314. The molecule has 0 aromatic carbocycles. The minimum atomic E-state index is -0.144. The molecule has 2 saturated heterocycles. The summed E-state index contributed by atoms with van der Waals surface area (Å²) in [5, 5.41) is 12.5. The molecule has 0 bridgehead atoms. The maximum atomic E-state index is 11.5. The van der Waals surface area contributed by atoms with Crippen LogP contribution in [0.2, 0.25) is 0 Å². The first-order valence-corrected chi connectivity index (χ1v) is 6.06. The Morgan fingerprint density at radius 2 is 2.38 bits per heavy atom. The number of nitrogens with zero attached hydrogens (tertiary/aromatic N) is 1. The molecule has 0 spiro atoms. The zero-order chi connectivity index (χ0) is 11.4. The van der Waals surface area contributed by atoms with Crippen molar-refractivity contribution in [1.29, 1.82) is 0 Å². The number of nitrogens with one attached hydrogen (secondary N) is 1. The van der Waals surface area contributed by atoms with E-state index < -0.39 is 0 Å². The molecule has 0 aliphatic carbocycles. The van der Waals surface area contributed by atoms with Gasteiger partial charge >= 0.3 is 5.97 Å². The zero-order valence-electron chi connectivity index (χ0n) is 9.52. The Hall–Kier alpha value is -0.650. The second-order valence-corrected chi connectivity index (χ2v) is 4.48. The van der Waals surface area contributed by atoms with E-state index >= 15 is 0 Å². The number of carbonyl (C=O) groups excluding carboxylic acids is 1. The van der Waals surface area contributed by atoms with E-state index in [9.17, 15) is 4.79 Å². The van der Waals surface area contributed by atoms with Crippen LogP contribution in [-0.2, 0) is 9.53 Å². The van der Waals surface area contributed by atoms with Gasteiger partial charge in [0.15, 0.2) is 0 Å². The lowest BCUT2D eigenvalue weighted by Gasteiger charge is -2.28.